The molecule has 90 valence electrons. The topological polar surface area (TPSA) is 71.1 Å². The average Bonchev–Trinajstić information content (AvgIpc) is 2.01. The van der Waals surface area contributed by atoms with Gasteiger partial charge in [-0.25, -0.2) is 4.79 Å². The number of carbonyl (C=O) groups is 1. The molecule has 15 heavy (non-hydrogen) atoms. The van der Waals surface area contributed by atoms with Gasteiger partial charge < -0.3 is 14.0 Å². The third kappa shape index (κ3) is 8.42. The molecule has 0 heterocycles. The number of ether oxygens (including phenoxy) is 2. The zero-order chi connectivity index (χ0) is 11.9. The Labute approximate surface area is 89.4 Å². The maximum atomic E-state index is 11.3. The molecule has 0 amide bonds. The molecular formula is C8H17O6P. The Balaban J connectivity index is 3.70. The summed E-state index contributed by atoms with van der Waals surface area (Å²) in [5, 5.41) is 0. The Morgan fingerprint density at radius 3 is 2.40 bits per heavy atom. The summed E-state index contributed by atoms with van der Waals surface area (Å²) in [6, 6.07) is 0. The lowest BCUT2D eigenvalue weighted by molar-refractivity contribution is -0.0121. The summed E-state index contributed by atoms with van der Waals surface area (Å²) in [6.45, 7) is 6.19. The van der Waals surface area contributed by atoms with E-state index in [0.717, 1.165) is 0 Å². The van der Waals surface area contributed by atoms with E-state index in [1.54, 1.807) is 20.8 Å². The van der Waals surface area contributed by atoms with E-state index in [1.807, 2.05) is 0 Å². The van der Waals surface area contributed by atoms with Crippen LogP contribution >= 0.6 is 7.60 Å². The maximum absolute atomic E-state index is 11.3. The smallest absolute Gasteiger partial charge is 0.432 e. The van der Waals surface area contributed by atoms with Crippen LogP contribution in [0.1, 0.15) is 20.8 Å². The molecule has 0 bridgehead atoms. The van der Waals surface area contributed by atoms with Crippen LogP contribution < -0.4 is 0 Å². The van der Waals surface area contributed by atoms with Crippen LogP contribution in [0.3, 0.4) is 0 Å². The highest BCUT2D eigenvalue weighted by atomic mass is 31.2. The molecule has 0 aromatic carbocycles. The molecule has 1 unspecified atom stereocenters. The largest absolute Gasteiger partial charge is 0.510 e. The normalized spacial score (nSPS) is 14.7. The number of hydrogen-bond acceptors (Lipinski definition) is 6. The van der Waals surface area contributed by atoms with Crippen molar-refractivity contribution in [3.63, 3.8) is 0 Å². The van der Waals surface area contributed by atoms with E-state index in [0.29, 0.717) is 0 Å². The molecular weight excluding hydrogens is 223 g/mol. The van der Waals surface area contributed by atoms with Crippen LogP contribution in [0.25, 0.3) is 0 Å². The monoisotopic (exact) mass is 240 g/mol. The molecule has 0 aromatic heterocycles. The Morgan fingerprint density at radius 1 is 1.33 bits per heavy atom. The van der Waals surface area contributed by atoms with Crippen LogP contribution in [0.2, 0.25) is 0 Å². The lowest BCUT2D eigenvalue weighted by Crippen LogP contribution is -2.14. The molecule has 0 spiro atoms. The van der Waals surface area contributed by atoms with Crippen molar-refractivity contribution in [3.05, 3.63) is 0 Å². The van der Waals surface area contributed by atoms with E-state index in [9.17, 15) is 9.36 Å². The molecule has 0 saturated carbocycles. The predicted molar refractivity (Wildman–Crippen MR) is 53.8 cm³/mol. The van der Waals surface area contributed by atoms with Gasteiger partial charge in [0.15, 0.2) is 0 Å². The highest BCUT2D eigenvalue weighted by Gasteiger charge is 2.17. The molecule has 0 aliphatic carbocycles. The molecule has 1 atom stereocenters. The second kappa shape index (κ2) is 6.82. The molecule has 0 aliphatic rings. The van der Waals surface area contributed by atoms with Gasteiger partial charge in [0.2, 0.25) is 6.79 Å². The van der Waals surface area contributed by atoms with Crippen molar-refractivity contribution >= 4 is 13.8 Å². The van der Waals surface area contributed by atoms with Gasteiger partial charge in [0, 0.05) is 6.66 Å². The van der Waals surface area contributed by atoms with Gasteiger partial charge in [0.05, 0.1) is 12.7 Å². The predicted octanol–water partition coefficient (Wildman–Crippen LogP) is 2.38. The summed E-state index contributed by atoms with van der Waals surface area (Å²) in [5.74, 6) is 0. The summed E-state index contributed by atoms with van der Waals surface area (Å²) >= 11 is 0. The second-order valence-corrected chi connectivity index (χ2v) is 5.06. The number of carbonyl (C=O) groups excluding carboxylic acids is 1. The van der Waals surface area contributed by atoms with Crippen LogP contribution in [0.5, 0.6) is 0 Å². The molecule has 0 rings (SSSR count). The van der Waals surface area contributed by atoms with Crippen molar-refractivity contribution in [3.8, 4) is 0 Å². The summed E-state index contributed by atoms with van der Waals surface area (Å²) in [5.41, 5.74) is 0. The van der Waals surface area contributed by atoms with Crippen LogP contribution in [-0.2, 0) is 23.1 Å². The Hall–Kier alpha value is -0.580. The minimum Gasteiger partial charge on any atom is -0.432 e. The molecule has 0 fully saturated rings. The zero-order valence-corrected chi connectivity index (χ0v) is 10.3. The summed E-state index contributed by atoms with van der Waals surface area (Å²) in [7, 11) is -3.12. The lowest BCUT2D eigenvalue weighted by atomic mass is 10.5. The second-order valence-electron chi connectivity index (χ2n) is 3.00. The minimum atomic E-state index is -3.12. The first-order valence-corrected chi connectivity index (χ1v) is 6.56. The standard InChI is InChI=1S/C8H17O6P/c1-5-12-15(4,10)13-6-11-8(9)14-7(2)3/h7H,5-6H2,1-4H3. The number of hydrogen-bond donors (Lipinski definition) is 0. The fraction of sp³-hybridized carbons (Fsp3) is 0.875. The van der Waals surface area contributed by atoms with E-state index >= 15 is 0 Å². The van der Waals surface area contributed by atoms with Crippen LogP contribution in [0.15, 0.2) is 0 Å². The van der Waals surface area contributed by atoms with Crippen molar-refractivity contribution in [2.24, 2.45) is 0 Å². The lowest BCUT2D eigenvalue weighted by Gasteiger charge is -2.13. The van der Waals surface area contributed by atoms with Gasteiger partial charge in [0.25, 0.3) is 0 Å². The number of rotatable bonds is 6. The fourth-order valence-corrected chi connectivity index (χ4v) is 1.46. The van der Waals surface area contributed by atoms with Crippen molar-refractivity contribution in [2.75, 3.05) is 20.1 Å². The van der Waals surface area contributed by atoms with Gasteiger partial charge in [-0.15, -0.1) is 0 Å². The molecule has 0 N–H and O–H groups in total. The van der Waals surface area contributed by atoms with Gasteiger partial charge in [-0.3, -0.25) is 9.09 Å². The summed E-state index contributed by atoms with van der Waals surface area (Å²) in [6.07, 6.45) is -1.13. The first-order valence-electron chi connectivity index (χ1n) is 4.57. The molecule has 0 saturated heterocycles. The SMILES string of the molecule is CCOP(C)(=O)OCOC(=O)OC(C)C. The van der Waals surface area contributed by atoms with E-state index in [2.05, 4.69) is 9.47 Å². The van der Waals surface area contributed by atoms with Crippen molar-refractivity contribution in [2.45, 2.75) is 26.9 Å². The van der Waals surface area contributed by atoms with Crippen molar-refractivity contribution in [1.82, 2.24) is 0 Å². The van der Waals surface area contributed by atoms with Crippen LogP contribution in [0.4, 0.5) is 4.79 Å². The van der Waals surface area contributed by atoms with E-state index in [4.69, 9.17) is 9.05 Å². The van der Waals surface area contributed by atoms with E-state index in [-0.39, 0.29) is 12.7 Å². The third-order valence-electron chi connectivity index (χ3n) is 1.16. The van der Waals surface area contributed by atoms with Crippen LogP contribution in [0, 0.1) is 0 Å². The Kier molecular flexibility index (Phi) is 6.56. The van der Waals surface area contributed by atoms with Gasteiger partial charge >= 0.3 is 13.8 Å². The van der Waals surface area contributed by atoms with Gasteiger partial charge in [-0.05, 0) is 20.8 Å². The first-order chi connectivity index (χ1) is 6.87. The minimum absolute atomic E-state index is 0.266. The van der Waals surface area contributed by atoms with E-state index in [1.165, 1.54) is 6.66 Å². The van der Waals surface area contributed by atoms with Crippen molar-refractivity contribution in [1.29, 1.82) is 0 Å². The highest BCUT2D eigenvalue weighted by molar-refractivity contribution is 7.52. The molecule has 0 aromatic rings. The molecule has 0 radical (unpaired) electrons. The molecule has 6 nitrogen and oxygen atoms in total. The summed E-state index contributed by atoms with van der Waals surface area (Å²) < 4.78 is 30.0. The Morgan fingerprint density at radius 2 is 1.93 bits per heavy atom. The van der Waals surface area contributed by atoms with Gasteiger partial charge in [-0.2, -0.15) is 0 Å². The van der Waals surface area contributed by atoms with E-state index < -0.39 is 20.5 Å². The van der Waals surface area contributed by atoms with Crippen molar-refractivity contribution < 1.29 is 27.9 Å². The third-order valence-corrected chi connectivity index (χ3v) is 2.46. The zero-order valence-electron chi connectivity index (χ0n) is 9.39. The first kappa shape index (κ1) is 14.4. The fourth-order valence-electron chi connectivity index (χ4n) is 0.668. The molecule has 0 aliphatic heterocycles. The maximum Gasteiger partial charge on any atom is 0.510 e. The quantitative estimate of drug-likeness (QED) is 0.403. The van der Waals surface area contributed by atoms with Crippen LogP contribution in [-0.4, -0.2) is 32.3 Å². The van der Waals surface area contributed by atoms with Gasteiger partial charge in [0.1, 0.15) is 0 Å². The molecule has 7 heteroatoms. The Bertz CT molecular complexity index is 239. The highest BCUT2D eigenvalue weighted by Crippen LogP contribution is 2.43. The summed E-state index contributed by atoms with van der Waals surface area (Å²) in [4.78, 5) is 10.8. The van der Waals surface area contributed by atoms with Gasteiger partial charge in [-0.1, -0.05) is 0 Å². The average molecular weight is 240 g/mol.